The maximum Gasteiger partial charge on any atom is 0.132 e. The van der Waals surface area contributed by atoms with E-state index in [-0.39, 0.29) is 17.9 Å². The highest BCUT2D eigenvalue weighted by atomic mass is 16.5. The number of ether oxygens (including phenoxy) is 1. The quantitative estimate of drug-likeness (QED) is 0.169. The van der Waals surface area contributed by atoms with Crippen LogP contribution in [0.4, 0.5) is 0 Å². The standard InChI is InChI=1S/C24H45NO3/c1-3-4-5-6-7-8-9-10-11-12-13-14-15-16-22(26)17-18-23(25-27)24-21(2)19-20-28-24/h21,23-24H,3-20H2,1-2H3/t21-,23?,24?/m1/s1. The third kappa shape index (κ3) is 11.9. The van der Waals surface area contributed by atoms with E-state index in [1.54, 1.807) is 0 Å². The van der Waals surface area contributed by atoms with E-state index in [2.05, 4.69) is 19.0 Å². The fourth-order valence-corrected chi connectivity index (χ4v) is 4.26. The second-order valence-corrected chi connectivity index (χ2v) is 8.84. The Labute approximate surface area is 173 Å². The van der Waals surface area contributed by atoms with Gasteiger partial charge in [0.2, 0.25) is 0 Å². The van der Waals surface area contributed by atoms with Crippen molar-refractivity contribution in [3.8, 4) is 0 Å². The zero-order valence-electron chi connectivity index (χ0n) is 18.6. The molecular formula is C24H45NO3. The van der Waals surface area contributed by atoms with Crippen molar-refractivity contribution in [2.45, 2.75) is 135 Å². The van der Waals surface area contributed by atoms with Gasteiger partial charge >= 0.3 is 0 Å². The molecule has 0 aromatic heterocycles. The van der Waals surface area contributed by atoms with Gasteiger partial charge in [-0.2, -0.15) is 4.91 Å². The van der Waals surface area contributed by atoms with Gasteiger partial charge in [-0.15, -0.1) is 0 Å². The van der Waals surface area contributed by atoms with E-state index in [9.17, 15) is 9.70 Å². The Balaban J connectivity index is 1.89. The molecule has 4 nitrogen and oxygen atoms in total. The number of hydrogen-bond acceptors (Lipinski definition) is 4. The number of rotatable bonds is 19. The summed E-state index contributed by atoms with van der Waals surface area (Å²) in [4.78, 5) is 23.2. The zero-order valence-corrected chi connectivity index (χ0v) is 18.6. The molecule has 4 heteroatoms. The molecule has 1 rings (SSSR count). The Kier molecular flexibility index (Phi) is 15.4. The molecule has 0 aromatic rings. The van der Waals surface area contributed by atoms with E-state index in [0.29, 0.717) is 31.8 Å². The van der Waals surface area contributed by atoms with Crippen LogP contribution in [-0.2, 0) is 9.53 Å². The van der Waals surface area contributed by atoms with Crippen molar-refractivity contribution >= 4 is 5.78 Å². The highest BCUT2D eigenvalue weighted by molar-refractivity contribution is 5.78. The lowest BCUT2D eigenvalue weighted by Crippen LogP contribution is -2.28. The lowest BCUT2D eigenvalue weighted by atomic mass is 9.94. The molecule has 0 radical (unpaired) electrons. The van der Waals surface area contributed by atoms with Crippen molar-refractivity contribution in [2.75, 3.05) is 6.61 Å². The van der Waals surface area contributed by atoms with Crippen molar-refractivity contribution in [2.24, 2.45) is 11.1 Å². The summed E-state index contributed by atoms with van der Waals surface area (Å²) in [6, 6.07) is -0.354. The van der Waals surface area contributed by atoms with Crippen molar-refractivity contribution in [1.29, 1.82) is 0 Å². The van der Waals surface area contributed by atoms with E-state index >= 15 is 0 Å². The summed E-state index contributed by atoms with van der Waals surface area (Å²) in [7, 11) is 0. The molecule has 164 valence electrons. The Morgan fingerprint density at radius 1 is 0.893 bits per heavy atom. The number of nitroso groups, excluding NO2 is 1. The second-order valence-electron chi connectivity index (χ2n) is 8.84. The minimum atomic E-state index is -0.354. The Bertz CT molecular complexity index is 399. The molecule has 1 aliphatic rings. The van der Waals surface area contributed by atoms with Gasteiger partial charge in [0.05, 0.1) is 6.10 Å². The number of carbonyl (C=O) groups is 1. The van der Waals surface area contributed by atoms with E-state index in [4.69, 9.17) is 4.74 Å². The Hall–Kier alpha value is -0.770. The molecule has 1 fully saturated rings. The van der Waals surface area contributed by atoms with Gasteiger partial charge in [0.15, 0.2) is 0 Å². The molecule has 3 atom stereocenters. The molecule has 0 spiro atoms. The van der Waals surface area contributed by atoms with E-state index < -0.39 is 0 Å². The average Bonchev–Trinajstić information content (AvgIpc) is 3.12. The first-order valence-corrected chi connectivity index (χ1v) is 12.1. The first-order chi connectivity index (χ1) is 13.7. The van der Waals surface area contributed by atoms with Crippen molar-refractivity contribution < 1.29 is 9.53 Å². The molecular weight excluding hydrogens is 350 g/mol. The minimum absolute atomic E-state index is 0.0818. The van der Waals surface area contributed by atoms with Gasteiger partial charge in [-0.1, -0.05) is 96.1 Å². The Morgan fingerprint density at radius 2 is 1.43 bits per heavy atom. The largest absolute Gasteiger partial charge is 0.376 e. The van der Waals surface area contributed by atoms with Gasteiger partial charge in [-0.3, -0.25) is 4.79 Å². The number of ketones is 1. The van der Waals surface area contributed by atoms with Crippen LogP contribution in [0.3, 0.4) is 0 Å². The zero-order chi connectivity index (χ0) is 20.5. The summed E-state index contributed by atoms with van der Waals surface area (Å²) in [6.07, 6.45) is 19.7. The van der Waals surface area contributed by atoms with Gasteiger partial charge < -0.3 is 4.74 Å². The molecule has 1 heterocycles. The first-order valence-electron chi connectivity index (χ1n) is 12.1. The summed E-state index contributed by atoms with van der Waals surface area (Å²) in [5.41, 5.74) is 0. The van der Waals surface area contributed by atoms with Crippen molar-refractivity contribution in [3.63, 3.8) is 0 Å². The molecule has 0 saturated carbocycles. The summed E-state index contributed by atoms with van der Waals surface area (Å²) in [5.74, 6) is 0.654. The van der Waals surface area contributed by atoms with Gasteiger partial charge in [-0.25, -0.2) is 0 Å². The topological polar surface area (TPSA) is 55.7 Å². The van der Waals surface area contributed by atoms with E-state index in [1.165, 1.54) is 70.6 Å². The van der Waals surface area contributed by atoms with Gasteiger partial charge in [0, 0.05) is 19.4 Å². The molecule has 2 unspecified atom stereocenters. The monoisotopic (exact) mass is 395 g/mol. The van der Waals surface area contributed by atoms with Gasteiger partial charge in [0.1, 0.15) is 11.8 Å². The normalized spacial score (nSPS) is 20.4. The molecule has 28 heavy (non-hydrogen) atoms. The van der Waals surface area contributed by atoms with Crippen LogP contribution in [0.2, 0.25) is 0 Å². The molecule has 0 aliphatic carbocycles. The number of unbranched alkanes of at least 4 members (excludes halogenated alkanes) is 12. The van der Waals surface area contributed by atoms with Gasteiger partial charge in [0.25, 0.3) is 0 Å². The van der Waals surface area contributed by atoms with Crippen LogP contribution in [-0.4, -0.2) is 24.5 Å². The number of Topliss-reactive ketones (excluding diaryl/α,β-unsaturated/α-hetero) is 1. The maximum absolute atomic E-state index is 12.1. The summed E-state index contributed by atoms with van der Waals surface area (Å²) in [6.45, 7) is 5.08. The van der Waals surface area contributed by atoms with E-state index in [1.807, 2.05) is 0 Å². The maximum atomic E-state index is 12.1. The SMILES string of the molecule is CCCCCCCCCCCCCCCC(=O)CCC(N=O)C1OCC[C@H]1C. The summed E-state index contributed by atoms with van der Waals surface area (Å²) >= 11 is 0. The van der Waals surface area contributed by atoms with Crippen LogP contribution < -0.4 is 0 Å². The van der Waals surface area contributed by atoms with Crippen LogP contribution in [0.15, 0.2) is 5.18 Å². The minimum Gasteiger partial charge on any atom is -0.376 e. The number of nitrogens with zero attached hydrogens (tertiary/aromatic N) is 1. The lowest BCUT2D eigenvalue weighted by Gasteiger charge is -2.19. The van der Waals surface area contributed by atoms with Gasteiger partial charge in [-0.05, 0) is 25.2 Å². The van der Waals surface area contributed by atoms with Crippen molar-refractivity contribution in [3.05, 3.63) is 4.91 Å². The van der Waals surface area contributed by atoms with Crippen LogP contribution in [0.25, 0.3) is 0 Å². The van der Waals surface area contributed by atoms with Crippen LogP contribution >= 0.6 is 0 Å². The number of carbonyl (C=O) groups excluding carboxylic acids is 1. The third-order valence-corrected chi connectivity index (χ3v) is 6.24. The highest BCUT2D eigenvalue weighted by Gasteiger charge is 2.33. The summed E-state index contributed by atoms with van der Waals surface area (Å²) in [5, 5.41) is 3.23. The van der Waals surface area contributed by atoms with Crippen molar-refractivity contribution in [1.82, 2.24) is 0 Å². The highest BCUT2D eigenvalue weighted by Crippen LogP contribution is 2.27. The fourth-order valence-electron chi connectivity index (χ4n) is 4.26. The molecule has 1 aliphatic heterocycles. The molecule has 0 amide bonds. The molecule has 0 aromatic carbocycles. The van der Waals surface area contributed by atoms with Crippen LogP contribution in [0, 0.1) is 10.8 Å². The molecule has 0 bridgehead atoms. The summed E-state index contributed by atoms with van der Waals surface area (Å²) < 4.78 is 5.63. The Morgan fingerprint density at radius 3 is 1.89 bits per heavy atom. The third-order valence-electron chi connectivity index (χ3n) is 6.24. The predicted octanol–water partition coefficient (Wildman–Crippen LogP) is 7.38. The second kappa shape index (κ2) is 17.1. The number of hydrogen-bond donors (Lipinski definition) is 0. The van der Waals surface area contributed by atoms with Crippen LogP contribution in [0.1, 0.15) is 123 Å². The smallest absolute Gasteiger partial charge is 0.132 e. The lowest BCUT2D eigenvalue weighted by molar-refractivity contribution is -0.119. The molecule has 1 saturated heterocycles. The molecule has 0 N–H and O–H groups in total. The van der Waals surface area contributed by atoms with E-state index in [0.717, 1.165) is 19.3 Å². The fraction of sp³-hybridized carbons (Fsp3) is 0.958. The average molecular weight is 396 g/mol. The van der Waals surface area contributed by atoms with Crippen LogP contribution in [0.5, 0.6) is 0 Å². The first kappa shape index (κ1) is 25.3. The predicted molar refractivity (Wildman–Crippen MR) is 118 cm³/mol.